The highest BCUT2D eigenvalue weighted by Gasteiger charge is 2.49. The summed E-state index contributed by atoms with van der Waals surface area (Å²) < 4.78 is 81.8. The third-order valence-electron chi connectivity index (χ3n) is 6.64. The molecule has 6 nitrogen and oxygen atoms in total. The Bertz CT molecular complexity index is 1650. The lowest BCUT2D eigenvalue weighted by Gasteiger charge is -2.31. The second kappa shape index (κ2) is 11.0. The van der Waals surface area contributed by atoms with Gasteiger partial charge in [0, 0.05) is 11.4 Å². The number of thiocarbonyl (C=S) groups is 1. The molecule has 0 aliphatic carbocycles. The van der Waals surface area contributed by atoms with Gasteiger partial charge in [0.05, 0.1) is 45.6 Å². The molecule has 216 valence electrons. The van der Waals surface area contributed by atoms with E-state index in [0.717, 1.165) is 29.8 Å². The van der Waals surface area contributed by atoms with Crippen LogP contribution in [0.4, 0.5) is 43.4 Å². The molecule has 3 aromatic rings. The Kier molecular flexibility index (Phi) is 7.94. The van der Waals surface area contributed by atoms with Crippen LogP contribution >= 0.6 is 12.2 Å². The van der Waals surface area contributed by atoms with E-state index in [1.807, 2.05) is 19.1 Å². The molecular weight excluding hydrogens is 578 g/mol. The summed E-state index contributed by atoms with van der Waals surface area (Å²) in [4.78, 5) is 7.62. The quantitative estimate of drug-likeness (QED) is 0.240. The van der Waals surface area contributed by atoms with Crippen molar-refractivity contribution in [1.82, 2.24) is 0 Å². The van der Waals surface area contributed by atoms with E-state index in [2.05, 4.69) is 10.3 Å². The van der Waals surface area contributed by atoms with Gasteiger partial charge in [0.2, 0.25) is 0 Å². The number of aliphatic imine (C=N–C) groups is 1. The average molecular weight is 601 g/mol. The van der Waals surface area contributed by atoms with Gasteiger partial charge in [-0.1, -0.05) is 17.7 Å². The van der Waals surface area contributed by atoms with Crippen LogP contribution in [-0.2, 0) is 12.4 Å². The maximum atomic E-state index is 13.8. The van der Waals surface area contributed by atoms with Crippen molar-refractivity contribution < 1.29 is 26.3 Å². The highest BCUT2D eigenvalue weighted by Crippen LogP contribution is 2.40. The number of benzene rings is 3. The van der Waals surface area contributed by atoms with Crippen molar-refractivity contribution in [3.63, 3.8) is 0 Å². The number of hydrogen-bond acceptors (Lipinski definition) is 5. The molecule has 0 aromatic heterocycles. The van der Waals surface area contributed by atoms with Gasteiger partial charge >= 0.3 is 12.4 Å². The predicted octanol–water partition coefficient (Wildman–Crippen LogP) is 7.63. The number of hydrogen-bond donors (Lipinski definition) is 1. The van der Waals surface area contributed by atoms with E-state index in [1.165, 1.54) is 23.1 Å². The van der Waals surface area contributed by atoms with Crippen molar-refractivity contribution >= 4 is 40.2 Å². The van der Waals surface area contributed by atoms with E-state index in [0.29, 0.717) is 5.69 Å². The second-order valence-electron chi connectivity index (χ2n) is 9.87. The van der Waals surface area contributed by atoms with Gasteiger partial charge in [-0.3, -0.25) is 4.90 Å². The van der Waals surface area contributed by atoms with Crippen LogP contribution in [0.5, 0.6) is 0 Å². The van der Waals surface area contributed by atoms with Crippen LogP contribution in [0.1, 0.15) is 41.7 Å². The fourth-order valence-electron chi connectivity index (χ4n) is 4.62. The number of aryl methyl sites for hydroxylation is 1. The van der Waals surface area contributed by atoms with Crippen molar-refractivity contribution in [2.45, 2.75) is 38.7 Å². The minimum Gasteiger partial charge on any atom is -0.366 e. The highest BCUT2D eigenvalue weighted by molar-refractivity contribution is 7.81. The molecule has 0 spiro atoms. The van der Waals surface area contributed by atoms with Crippen molar-refractivity contribution in [2.75, 3.05) is 21.8 Å². The molecule has 42 heavy (non-hydrogen) atoms. The second-order valence-corrected chi connectivity index (χ2v) is 10.2. The van der Waals surface area contributed by atoms with Gasteiger partial charge in [-0.2, -0.15) is 36.9 Å². The molecule has 0 radical (unpaired) electrons. The molecule has 1 saturated heterocycles. The predicted molar refractivity (Wildman–Crippen MR) is 151 cm³/mol. The largest absolute Gasteiger partial charge is 0.417 e. The lowest BCUT2D eigenvalue weighted by atomic mass is 10.0. The molecule has 0 atom stereocenters. The normalized spacial score (nSPS) is 16.0. The molecular formula is C29H22F6N6S. The van der Waals surface area contributed by atoms with Crippen LogP contribution in [0.15, 0.2) is 65.7 Å². The number of amidine groups is 1. The molecule has 0 unspecified atom stereocenters. The number of nitrogens with one attached hydrogen (secondary N) is 1. The summed E-state index contributed by atoms with van der Waals surface area (Å²) >= 11 is 5.76. The van der Waals surface area contributed by atoms with Crippen LogP contribution < -0.4 is 15.1 Å². The smallest absolute Gasteiger partial charge is 0.366 e. The number of anilines is 3. The van der Waals surface area contributed by atoms with Crippen molar-refractivity contribution in [3.05, 3.63) is 88.5 Å². The maximum Gasteiger partial charge on any atom is 0.417 e. The number of nitrogens with zero attached hydrogens (tertiary/aromatic N) is 5. The lowest BCUT2D eigenvalue weighted by molar-refractivity contribution is -0.138. The summed E-state index contributed by atoms with van der Waals surface area (Å²) in [6, 6.07) is 16.7. The third kappa shape index (κ3) is 5.74. The molecule has 0 bridgehead atoms. The minimum atomic E-state index is -4.82. The van der Waals surface area contributed by atoms with Gasteiger partial charge in [-0.25, -0.2) is 4.99 Å². The van der Waals surface area contributed by atoms with E-state index < -0.39 is 40.1 Å². The topological polar surface area (TPSA) is 78.4 Å². The van der Waals surface area contributed by atoms with Crippen LogP contribution in [0.25, 0.3) is 0 Å². The number of rotatable bonds is 5. The Balaban J connectivity index is 1.80. The van der Waals surface area contributed by atoms with Crippen molar-refractivity contribution in [1.29, 1.82) is 10.5 Å². The van der Waals surface area contributed by atoms with Crippen LogP contribution in [-0.4, -0.2) is 23.2 Å². The first-order valence-electron chi connectivity index (χ1n) is 12.3. The summed E-state index contributed by atoms with van der Waals surface area (Å²) in [7, 11) is 0. The fourth-order valence-corrected chi connectivity index (χ4v) is 5.15. The summed E-state index contributed by atoms with van der Waals surface area (Å²) in [5.74, 6) is 0.211. The van der Waals surface area contributed by atoms with E-state index >= 15 is 0 Å². The van der Waals surface area contributed by atoms with Crippen LogP contribution in [0.2, 0.25) is 0 Å². The first-order chi connectivity index (χ1) is 19.6. The Labute approximate surface area is 243 Å². The molecule has 1 fully saturated rings. The van der Waals surface area contributed by atoms with Crippen LogP contribution in [0.3, 0.4) is 0 Å². The van der Waals surface area contributed by atoms with Gasteiger partial charge in [0.25, 0.3) is 0 Å². The third-order valence-corrected chi connectivity index (χ3v) is 7.00. The maximum absolute atomic E-state index is 13.8. The zero-order valence-corrected chi connectivity index (χ0v) is 23.2. The van der Waals surface area contributed by atoms with E-state index in [9.17, 15) is 31.6 Å². The van der Waals surface area contributed by atoms with Gasteiger partial charge in [-0.05, 0) is 81.5 Å². The van der Waals surface area contributed by atoms with Gasteiger partial charge in [0.15, 0.2) is 5.11 Å². The first kappa shape index (κ1) is 30.3. The zero-order chi connectivity index (χ0) is 31.0. The highest BCUT2D eigenvalue weighted by atomic mass is 32.1. The first-order valence-corrected chi connectivity index (χ1v) is 12.7. The molecule has 1 aliphatic heterocycles. The molecule has 1 heterocycles. The minimum absolute atomic E-state index is 0.00509. The fraction of sp³-hybridized carbons (Fsp3) is 0.241. The van der Waals surface area contributed by atoms with Gasteiger partial charge < -0.3 is 10.2 Å². The Morgan fingerprint density at radius 1 is 0.833 bits per heavy atom. The molecule has 0 amide bonds. The molecule has 3 aromatic carbocycles. The number of halogens is 6. The Hall–Kier alpha value is -4.62. The van der Waals surface area contributed by atoms with Gasteiger partial charge in [0.1, 0.15) is 12.5 Å². The molecule has 0 saturated carbocycles. The zero-order valence-electron chi connectivity index (χ0n) is 22.4. The number of nitriles is 2. The van der Waals surface area contributed by atoms with Gasteiger partial charge in [-0.15, -0.1) is 0 Å². The molecule has 4 rings (SSSR count). The van der Waals surface area contributed by atoms with E-state index in [-0.39, 0.29) is 29.0 Å². The number of alkyl halides is 6. The summed E-state index contributed by atoms with van der Waals surface area (Å²) in [6.45, 7) is 5.14. The standard InChI is InChI=1S/C29H22F6N6S/c1-17-4-9-21(10-5-17)41-26(42)40(22-11-7-19(15-37)24(13-22)29(33,34)35)25(27(41,2)3)39-16-38-20-8-6-18(14-36)23(12-20)28(30,31)32/h4-13,38H,16H2,1-3H3/b39-25+. The average Bonchev–Trinajstić information content (AvgIpc) is 3.12. The van der Waals surface area contributed by atoms with Crippen LogP contribution in [0, 0.1) is 29.6 Å². The molecule has 1 N–H and O–H groups in total. The summed E-state index contributed by atoms with van der Waals surface area (Å²) in [6.07, 6.45) is -9.58. The Morgan fingerprint density at radius 3 is 1.90 bits per heavy atom. The summed E-state index contributed by atoms with van der Waals surface area (Å²) in [5.41, 5.74) is -2.74. The molecule has 1 aliphatic rings. The molecule has 13 heteroatoms. The Morgan fingerprint density at radius 2 is 1.36 bits per heavy atom. The summed E-state index contributed by atoms with van der Waals surface area (Å²) in [5, 5.41) is 21.2. The van der Waals surface area contributed by atoms with Crippen molar-refractivity contribution in [3.8, 4) is 12.1 Å². The van der Waals surface area contributed by atoms with E-state index in [1.54, 1.807) is 36.9 Å². The lowest BCUT2D eigenvalue weighted by Crippen LogP contribution is -2.44. The van der Waals surface area contributed by atoms with Crippen molar-refractivity contribution in [2.24, 2.45) is 4.99 Å². The monoisotopic (exact) mass is 600 g/mol. The SMILES string of the molecule is Cc1ccc(N2C(=S)N(c3ccc(C#N)c(C(F)(F)F)c3)/C(=N/CNc3ccc(C#N)c(C(F)(F)F)c3)C2(C)C)cc1. The van der Waals surface area contributed by atoms with E-state index in [4.69, 9.17) is 17.5 Å².